The van der Waals surface area contributed by atoms with Crippen LogP contribution >= 0.6 is 11.6 Å². The van der Waals surface area contributed by atoms with Gasteiger partial charge in [-0.3, -0.25) is 14.4 Å². The van der Waals surface area contributed by atoms with Crippen LogP contribution in [0.1, 0.15) is 34.1 Å². The van der Waals surface area contributed by atoms with E-state index in [1.54, 1.807) is 26.1 Å². The molecule has 1 saturated heterocycles. The molecule has 0 bridgehead atoms. The summed E-state index contributed by atoms with van der Waals surface area (Å²) < 4.78 is 33.7. The van der Waals surface area contributed by atoms with E-state index in [0.29, 0.717) is 29.6 Å². The van der Waals surface area contributed by atoms with Gasteiger partial charge in [0.15, 0.2) is 5.82 Å². The molecule has 2 aromatic carbocycles. The van der Waals surface area contributed by atoms with Gasteiger partial charge in [-0.2, -0.15) is 0 Å². The van der Waals surface area contributed by atoms with Crippen molar-refractivity contribution < 1.29 is 27.9 Å². The molecule has 1 aliphatic heterocycles. The first kappa shape index (κ1) is 31.8. The Morgan fingerprint density at radius 1 is 1.14 bits per heavy atom. The van der Waals surface area contributed by atoms with Gasteiger partial charge in [0.05, 0.1) is 30.0 Å². The molecule has 1 aliphatic rings. The second-order valence-electron chi connectivity index (χ2n) is 11.3. The van der Waals surface area contributed by atoms with Crippen molar-refractivity contribution in [1.29, 1.82) is 0 Å². The maximum atomic E-state index is 14.6. The number of amides is 3. The van der Waals surface area contributed by atoms with E-state index in [2.05, 4.69) is 31.2 Å². The Kier molecular flexibility index (Phi) is 9.35. The third-order valence-electron chi connectivity index (χ3n) is 7.33. The number of likely N-dealkylation sites (N-methyl/N-ethyl adjacent to an activating group) is 1. The molecule has 4 N–H and O–H groups in total. The minimum Gasteiger partial charge on any atom is -0.494 e. The molecule has 0 aliphatic carbocycles. The lowest BCUT2D eigenvalue weighted by Gasteiger charge is -2.44. The molecular formula is C29H34ClF2N7O4. The Hall–Kier alpha value is -4.10. The first-order chi connectivity index (χ1) is 20.3. The van der Waals surface area contributed by atoms with Crippen LogP contribution in [0.4, 0.5) is 26.0 Å². The Bertz CT molecular complexity index is 1570. The van der Waals surface area contributed by atoms with Gasteiger partial charge in [0, 0.05) is 18.0 Å². The number of carbonyl (C=O) groups excluding carboxylic acids is 3. The number of anilines is 3. The normalized spacial score (nSPS) is 16.2. The van der Waals surface area contributed by atoms with Crippen molar-refractivity contribution in [3.8, 4) is 5.75 Å². The summed E-state index contributed by atoms with van der Waals surface area (Å²) in [4.78, 5) is 49.5. The Balaban J connectivity index is 1.59. The average Bonchev–Trinajstić information content (AvgIpc) is 2.94. The van der Waals surface area contributed by atoms with Gasteiger partial charge in [-0.25, -0.2) is 18.7 Å². The number of methoxy groups -OCH3 is 1. The van der Waals surface area contributed by atoms with E-state index in [1.165, 1.54) is 24.4 Å². The number of carbonyl (C=O) groups is 3. The number of nitrogens with zero attached hydrogens (tertiary/aromatic N) is 3. The maximum Gasteiger partial charge on any atom is 0.247 e. The molecule has 1 unspecified atom stereocenters. The molecule has 0 saturated carbocycles. The molecule has 2 heterocycles. The van der Waals surface area contributed by atoms with Crippen LogP contribution in [-0.2, 0) is 14.4 Å². The zero-order chi connectivity index (χ0) is 31.6. The van der Waals surface area contributed by atoms with Gasteiger partial charge in [-0.15, -0.1) is 0 Å². The van der Waals surface area contributed by atoms with Crippen LogP contribution in [0.25, 0.3) is 10.9 Å². The highest BCUT2D eigenvalue weighted by atomic mass is 35.5. The number of ether oxygens (including phenoxy) is 1. The molecule has 3 aromatic rings. The van der Waals surface area contributed by atoms with Crippen LogP contribution < -0.4 is 26.0 Å². The Morgan fingerprint density at radius 2 is 1.86 bits per heavy atom. The highest BCUT2D eigenvalue weighted by Crippen LogP contribution is 2.35. The number of hydrogen-bond donors (Lipinski definition) is 4. The summed E-state index contributed by atoms with van der Waals surface area (Å²) in [6.45, 7) is 7.56. The number of aromatic nitrogens is 2. The van der Waals surface area contributed by atoms with E-state index in [4.69, 9.17) is 16.3 Å². The van der Waals surface area contributed by atoms with Crippen LogP contribution in [0.15, 0.2) is 30.6 Å². The largest absolute Gasteiger partial charge is 0.494 e. The number of rotatable bonds is 9. The van der Waals surface area contributed by atoms with Crippen molar-refractivity contribution in [2.45, 2.75) is 52.2 Å². The van der Waals surface area contributed by atoms with Crippen molar-refractivity contribution in [2.75, 3.05) is 31.3 Å². The summed E-state index contributed by atoms with van der Waals surface area (Å²) in [7, 11) is 3.08. The van der Waals surface area contributed by atoms with Crippen LogP contribution in [0, 0.1) is 17.0 Å². The number of hydrogen-bond acceptors (Lipinski definition) is 8. The van der Waals surface area contributed by atoms with E-state index < -0.39 is 46.1 Å². The number of nitrogens with one attached hydrogen (secondary N) is 4. The van der Waals surface area contributed by atoms with Gasteiger partial charge in [0.25, 0.3) is 0 Å². The van der Waals surface area contributed by atoms with E-state index in [9.17, 15) is 23.2 Å². The first-order valence-electron chi connectivity index (χ1n) is 13.6. The van der Waals surface area contributed by atoms with Crippen LogP contribution in [0.5, 0.6) is 5.75 Å². The van der Waals surface area contributed by atoms with E-state index in [0.717, 1.165) is 6.07 Å². The molecule has 1 aromatic heterocycles. The number of benzene rings is 2. The fourth-order valence-corrected chi connectivity index (χ4v) is 4.72. The molecule has 0 radical (unpaired) electrons. The molecule has 230 valence electrons. The molecule has 4 rings (SSSR count). The van der Waals surface area contributed by atoms with Gasteiger partial charge >= 0.3 is 0 Å². The minimum absolute atomic E-state index is 0.110. The lowest BCUT2D eigenvalue weighted by atomic mass is 9.84. The molecule has 3 amide bonds. The SMILES string of the molecule is CN[C@@H](C)C(=O)N[C@H](C(=O)N1CCC1C(=O)Nc1cc2c(Nc3ccc(F)c(Cl)c3F)ncnc2cc1OC)C(C)(C)C. The molecule has 0 spiro atoms. The van der Waals surface area contributed by atoms with Crippen LogP contribution in [-0.4, -0.2) is 71.4 Å². The van der Waals surface area contributed by atoms with Crippen molar-refractivity contribution in [3.05, 3.63) is 47.2 Å². The predicted octanol–water partition coefficient (Wildman–Crippen LogP) is 3.99. The molecule has 11 nitrogen and oxygen atoms in total. The second kappa shape index (κ2) is 12.6. The molecule has 43 heavy (non-hydrogen) atoms. The second-order valence-corrected chi connectivity index (χ2v) is 11.7. The third-order valence-corrected chi connectivity index (χ3v) is 7.68. The molecule has 3 atom stereocenters. The monoisotopic (exact) mass is 617 g/mol. The first-order valence-corrected chi connectivity index (χ1v) is 14.0. The number of likely N-dealkylation sites (tertiary alicyclic amines) is 1. The van der Waals surface area contributed by atoms with Crippen molar-refractivity contribution in [1.82, 2.24) is 25.5 Å². The Morgan fingerprint density at radius 3 is 2.47 bits per heavy atom. The smallest absolute Gasteiger partial charge is 0.247 e. The summed E-state index contributed by atoms with van der Waals surface area (Å²) in [5.41, 5.74) is -0.0454. The summed E-state index contributed by atoms with van der Waals surface area (Å²) in [6, 6.07) is 3.20. The topological polar surface area (TPSA) is 138 Å². The zero-order valence-corrected chi connectivity index (χ0v) is 25.4. The molecular weight excluding hydrogens is 584 g/mol. The highest BCUT2D eigenvalue weighted by molar-refractivity contribution is 6.31. The lowest BCUT2D eigenvalue weighted by Crippen LogP contribution is -2.64. The molecule has 1 fully saturated rings. The summed E-state index contributed by atoms with van der Waals surface area (Å²) >= 11 is 5.72. The average molecular weight is 618 g/mol. The Labute approximate surface area is 252 Å². The van der Waals surface area contributed by atoms with Gasteiger partial charge in [-0.05, 0) is 44.0 Å². The van der Waals surface area contributed by atoms with Crippen molar-refractivity contribution >= 4 is 57.4 Å². The van der Waals surface area contributed by atoms with Gasteiger partial charge in [-0.1, -0.05) is 32.4 Å². The quantitative estimate of drug-likeness (QED) is 0.265. The summed E-state index contributed by atoms with van der Waals surface area (Å²) in [5.74, 6) is -2.57. The van der Waals surface area contributed by atoms with E-state index in [1.807, 2.05) is 20.8 Å². The van der Waals surface area contributed by atoms with Gasteiger partial charge in [0.1, 0.15) is 40.8 Å². The summed E-state index contributed by atoms with van der Waals surface area (Å²) in [5, 5.41) is 11.0. The lowest BCUT2D eigenvalue weighted by molar-refractivity contribution is -0.150. The van der Waals surface area contributed by atoms with Gasteiger partial charge in [0.2, 0.25) is 17.7 Å². The van der Waals surface area contributed by atoms with E-state index >= 15 is 0 Å². The zero-order valence-electron chi connectivity index (χ0n) is 24.6. The van der Waals surface area contributed by atoms with Crippen LogP contribution in [0.2, 0.25) is 5.02 Å². The van der Waals surface area contributed by atoms with E-state index in [-0.39, 0.29) is 29.0 Å². The third kappa shape index (κ3) is 6.62. The molecule has 14 heteroatoms. The summed E-state index contributed by atoms with van der Waals surface area (Å²) in [6.07, 6.45) is 1.68. The van der Waals surface area contributed by atoms with Crippen molar-refractivity contribution in [2.24, 2.45) is 5.41 Å². The highest BCUT2D eigenvalue weighted by Gasteiger charge is 2.44. The minimum atomic E-state index is -0.990. The standard InChI is InChI=1S/C29H34ClF2N7O4/c1-14(33-5)26(40)38-24(29(2,3)4)28(42)39-10-9-20(39)27(41)37-19-11-15-18(12-21(19)43-6)34-13-35-25(15)36-17-8-7-16(31)22(30)23(17)32/h7-8,11-14,20,24,33H,9-10H2,1-6H3,(H,37,41)(H,38,40)(H,34,35,36)/t14-,20?,24+/m0/s1. The van der Waals surface area contributed by atoms with Gasteiger partial charge < -0.3 is 30.9 Å². The fourth-order valence-electron chi connectivity index (χ4n) is 4.55. The number of halogens is 3. The fraction of sp³-hybridized carbons (Fsp3) is 0.414. The van der Waals surface area contributed by atoms with Crippen molar-refractivity contribution in [3.63, 3.8) is 0 Å². The maximum absolute atomic E-state index is 14.6. The predicted molar refractivity (Wildman–Crippen MR) is 159 cm³/mol. The number of fused-ring (bicyclic) bond motifs is 1. The van der Waals surface area contributed by atoms with Crippen LogP contribution in [0.3, 0.4) is 0 Å².